The Bertz CT molecular complexity index is 672. The van der Waals surface area contributed by atoms with Gasteiger partial charge in [-0.05, 0) is 5.92 Å². The zero-order valence-corrected chi connectivity index (χ0v) is 14.0. The molecule has 0 bridgehead atoms. The SMILES string of the molecule is COc1cc(NC(=O)Nc2cn(C)nc2C(C)C)cc(OC)c1. The molecular formula is C16H22N4O3. The van der Waals surface area contributed by atoms with Gasteiger partial charge in [-0.2, -0.15) is 5.10 Å². The summed E-state index contributed by atoms with van der Waals surface area (Å²) in [6, 6.07) is 4.82. The van der Waals surface area contributed by atoms with Gasteiger partial charge in [-0.15, -0.1) is 0 Å². The molecular weight excluding hydrogens is 296 g/mol. The van der Waals surface area contributed by atoms with Crippen LogP contribution in [-0.2, 0) is 7.05 Å². The fourth-order valence-electron chi connectivity index (χ4n) is 2.19. The van der Waals surface area contributed by atoms with Crippen molar-refractivity contribution in [3.8, 4) is 11.5 Å². The Morgan fingerprint density at radius 3 is 2.26 bits per heavy atom. The number of nitrogens with one attached hydrogen (secondary N) is 2. The molecule has 0 aliphatic rings. The lowest BCUT2D eigenvalue weighted by Gasteiger charge is -2.11. The lowest BCUT2D eigenvalue weighted by atomic mass is 10.1. The van der Waals surface area contributed by atoms with Crippen LogP contribution in [-0.4, -0.2) is 30.0 Å². The summed E-state index contributed by atoms with van der Waals surface area (Å²) in [6.45, 7) is 4.05. The van der Waals surface area contributed by atoms with Crippen LogP contribution in [0.2, 0.25) is 0 Å². The minimum absolute atomic E-state index is 0.211. The topological polar surface area (TPSA) is 77.4 Å². The molecule has 2 amide bonds. The van der Waals surface area contributed by atoms with Gasteiger partial charge in [0, 0.05) is 37.1 Å². The number of carbonyl (C=O) groups excluding carboxylic acids is 1. The van der Waals surface area contributed by atoms with Crippen LogP contribution in [0.5, 0.6) is 11.5 Å². The van der Waals surface area contributed by atoms with E-state index in [1.165, 1.54) is 0 Å². The molecule has 0 saturated carbocycles. The van der Waals surface area contributed by atoms with Crippen LogP contribution in [0.25, 0.3) is 0 Å². The summed E-state index contributed by atoms with van der Waals surface area (Å²) in [7, 11) is 4.94. The zero-order valence-electron chi connectivity index (χ0n) is 14.0. The summed E-state index contributed by atoms with van der Waals surface area (Å²) in [5, 5.41) is 9.95. The Kier molecular flexibility index (Phi) is 5.10. The lowest BCUT2D eigenvalue weighted by Crippen LogP contribution is -2.20. The third kappa shape index (κ3) is 4.15. The van der Waals surface area contributed by atoms with Crippen molar-refractivity contribution in [2.24, 2.45) is 7.05 Å². The van der Waals surface area contributed by atoms with Gasteiger partial charge in [-0.25, -0.2) is 4.79 Å². The van der Waals surface area contributed by atoms with Crippen LogP contribution in [0.4, 0.5) is 16.2 Å². The molecule has 2 rings (SSSR count). The first-order chi connectivity index (χ1) is 10.9. The van der Waals surface area contributed by atoms with Crippen molar-refractivity contribution < 1.29 is 14.3 Å². The Labute approximate surface area is 135 Å². The molecule has 23 heavy (non-hydrogen) atoms. The summed E-state index contributed by atoms with van der Waals surface area (Å²) in [5.41, 5.74) is 2.11. The summed E-state index contributed by atoms with van der Waals surface area (Å²) < 4.78 is 12.1. The van der Waals surface area contributed by atoms with Crippen LogP contribution < -0.4 is 20.1 Å². The van der Waals surface area contributed by atoms with E-state index in [2.05, 4.69) is 15.7 Å². The number of ether oxygens (including phenoxy) is 2. The quantitative estimate of drug-likeness (QED) is 0.887. The Hall–Kier alpha value is -2.70. The van der Waals surface area contributed by atoms with Crippen LogP contribution in [0.3, 0.4) is 0 Å². The van der Waals surface area contributed by atoms with Crippen molar-refractivity contribution in [1.82, 2.24) is 9.78 Å². The van der Waals surface area contributed by atoms with Crippen molar-refractivity contribution in [2.45, 2.75) is 19.8 Å². The summed E-state index contributed by atoms with van der Waals surface area (Å²) in [5.74, 6) is 1.41. The van der Waals surface area contributed by atoms with Gasteiger partial charge < -0.3 is 20.1 Å². The van der Waals surface area contributed by atoms with Crippen LogP contribution in [0.15, 0.2) is 24.4 Å². The summed E-state index contributed by atoms with van der Waals surface area (Å²) in [6.07, 6.45) is 1.78. The van der Waals surface area contributed by atoms with E-state index in [1.54, 1.807) is 43.3 Å². The number of rotatable bonds is 5. The van der Waals surface area contributed by atoms with Gasteiger partial charge in [-0.3, -0.25) is 4.68 Å². The van der Waals surface area contributed by atoms with Gasteiger partial charge in [0.1, 0.15) is 11.5 Å². The van der Waals surface area contributed by atoms with Gasteiger partial charge in [0.2, 0.25) is 0 Å². The number of methoxy groups -OCH3 is 2. The molecule has 0 fully saturated rings. The molecule has 0 aliphatic heterocycles. The minimum atomic E-state index is -0.352. The van der Waals surface area contributed by atoms with E-state index in [4.69, 9.17) is 9.47 Å². The van der Waals surface area contributed by atoms with Gasteiger partial charge in [0.15, 0.2) is 0 Å². The fraction of sp³-hybridized carbons (Fsp3) is 0.375. The second-order valence-corrected chi connectivity index (χ2v) is 5.44. The average Bonchev–Trinajstić information content (AvgIpc) is 2.87. The predicted octanol–water partition coefficient (Wildman–Crippen LogP) is 3.20. The predicted molar refractivity (Wildman–Crippen MR) is 89.5 cm³/mol. The molecule has 0 atom stereocenters. The molecule has 2 aromatic rings. The van der Waals surface area contributed by atoms with E-state index in [0.29, 0.717) is 22.9 Å². The fourth-order valence-corrected chi connectivity index (χ4v) is 2.19. The number of aromatic nitrogens is 2. The number of urea groups is 1. The highest BCUT2D eigenvalue weighted by atomic mass is 16.5. The molecule has 0 spiro atoms. The van der Waals surface area contributed by atoms with E-state index in [9.17, 15) is 4.79 Å². The van der Waals surface area contributed by atoms with Gasteiger partial charge in [-0.1, -0.05) is 13.8 Å². The molecule has 2 N–H and O–H groups in total. The number of anilines is 2. The van der Waals surface area contributed by atoms with E-state index < -0.39 is 0 Å². The van der Waals surface area contributed by atoms with E-state index in [1.807, 2.05) is 20.9 Å². The number of amides is 2. The van der Waals surface area contributed by atoms with E-state index >= 15 is 0 Å². The second kappa shape index (κ2) is 7.04. The lowest BCUT2D eigenvalue weighted by molar-refractivity contribution is 0.262. The maximum Gasteiger partial charge on any atom is 0.323 e. The Morgan fingerprint density at radius 2 is 1.74 bits per heavy atom. The summed E-state index contributed by atoms with van der Waals surface area (Å²) in [4.78, 5) is 12.2. The van der Waals surface area contributed by atoms with Crippen molar-refractivity contribution in [3.63, 3.8) is 0 Å². The second-order valence-electron chi connectivity index (χ2n) is 5.44. The first-order valence-electron chi connectivity index (χ1n) is 7.27. The molecule has 0 saturated heterocycles. The average molecular weight is 318 g/mol. The highest BCUT2D eigenvalue weighted by Crippen LogP contribution is 2.26. The normalized spacial score (nSPS) is 10.5. The number of nitrogens with zero attached hydrogens (tertiary/aromatic N) is 2. The number of carbonyl (C=O) groups is 1. The molecule has 0 radical (unpaired) electrons. The largest absolute Gasteiger partial charge is 0.497 e. The van der Waals surface area contributed by atoms with Gasteiger partial charge >= 0.3 is 6.03 Å². The van der Waals surface area contributed by atoms with E-state index in [0.717, 1.165) is 5.69 Å². The van der Waals surface area contributed by atoms with Crippen molar-refractivity contribution in [1.29, 1.82) is 0 Å². The van der Waals surface area contributed by atoms with E-state index in [-0.39, 0.29) is 11.9 Å². The van der Waals surface area contributed by atoms with Crippen LogP contribution >= 0.6 is 0 Å². The number of benzene rings is 1. The number of hydrogen-bond acceptors (Lipinski definition) is 4. The minimum Gasteiger partial charge on any atom is -0.497 e. The smallest absolute Gasteiger partial charge is 0.323 e. The molecule has 124 valence electrons. The molecule has 7 nitrogen and oxygen atoms in total. The molecule has 1 aromatic heterocycles. The molecule has 0 unspecified atom stereocenters. The number of aryl methyl sites for hydroxylation is 1. The third-order valence-electron chi connectivity index (χ3n) is 3.26. The third-order valence-corrected chi connectivity index (χ3v) is 3.26. The molecule has 1 aromatic carbocycles. The standard InChI is InChI=1S/C16H22N4O3/c1-10(2)15-14(9-20(3)19-15)18-16(21)17-11-6-12(22-4)8-13(7-11)23-5/h6-10H,1-5H3,(H2,17,18,21). The van der Waals surface area contributed by atoms with Crippen molar-refractivity contribution >= 4 is 17.4 Å². The molecule has 0 aliphatic carbocycles. The van der Waals surface area contributed by atoms with Crippen LogP contribution in [0.1, 0.15) is 25.5 Å². The zero-order chi connectivity index (χ0) is 17.0. The Morgan fingerprint density at radius 1 is 1.13 bits per heavy atom. The van der Waals surface area contributed by atoms with Gasteiger partial charge in [0.05, 0.1) is 25.6 Å². The highest BCUT2D eigenvalue weighted by molar-refractivity contribution is 6.00. The maximum absolute atomic E-state index is 12.2. The number of hydrogen-bond donors (Lipinski definition) is 2. The van der Waals surface area contributed by atoms with Crippen molar-refractivity contribution in [2.75, 3.05) is 24.9 Å². The van der Waals surface area contributed by atoms with Crippen molar-refractivity contribution in [3.05, 3.63) is 30.1 Å². The molecule has 7 heteroatoms. The molecule has 1 heterocycles. The first-order valence-corrected chi connectivity index (χ1v) is 7.27. The summed E-state index contributed by atoms with van der Waals surface area (Å²) >= 11 is 0. The monoisotopic (exact) mass is 318 g/mol. The Balaban J connectivity index is 2.14. The first kappa shape index (κ1) is 16.7. The van der Waals surface area contributed by atoms with Gasteiger partial charge in [0.25, 0.3) is 0 Å². The maximum atomic E-state index is 12.2. The van der Waals surface area contributed by atoms with Crippen LogP contribution in [0, 0.1) is 0 Å². The highest BCUT2D eigenvalue weighted by Gasteiger charge is 2.14.